The zero-order valence-corrected chi connectivity index (χ0v) is 14.6. The Morgan fingerprint density at radius 1 is 1.12 bits per heavy atom. The summed E-state index contributed by atoms with van der Waals surface area (Å²) in [6.45, 7) is 3.25. The first-order chi connectivity index (χ1) is 11.6. The molecule has 0 bridgehead atoms. The maximum absolute atomic E-state index is 13.0. The van der Waals surface area contributed by atoms with Gasteiger partial charge in [-0.15, -0.1) is 0 Å². The molecule has 4 nitrogen and oxygen atoms in total. The van der Waals surface area contributed by atoms with E-state index < -0.39 is 0 Å². The summed E-state index contributed by atoms with van der Waals surface area (Å²) >= 11 is 12.2. The molecule has 1 atom stereocenters. The molecule has 2 aromatic carbocycles. The van der Waals surface area contributed by atoms with E-state index >= 15 is 0 Å². The van der Waals surface area contributed by atoms with Gasteiger partial charge in [0.1, 0.15) is 5.84 Å². The highest BCUT2D eigenvalue weighted by Crippen LogP contribution is 2.37. The maximum atomic E-state index is 13.0. The molecule has 24 heavy (non-hydrogen) atoms. The summed E-state index contributed by atoms with van der Waals surface area (Å²) in [5.74, 6) is 0.771. The minimum Gasteiger partial charge on any atom is -0.286 e. The number of urea groups is 1. The second kappa shape index (κ2) is 5.80. The number of halogens is 2. The highest BCUT2D eigenvalue weighted by molar-refractivity contribution is 6.42. The Morgan fingerprint density at radius 2 is 1.92 bits per heavy atom. The Kier molecular flexibility index (Phi) is 3.74. The van der Waals surface area contributed by atoms with Crippen molar-refractivity contribution in [3.8, 4) is 0 Å². The molecule has 6 heteroatoms. The fraction of sp³-hybridized carbons (Fsp3) is 0.222. The third-order valence-corrected chi connectivity index (χ3v) is 5.23. The van der Waals surface area contributed by atoms with Gasteiger partial charge >= 0.3 is 6.03 Å². The van der Waals surface area contributed by atoms with Crippen LogP contribution in [-0.4, -0.2) is 29.9 Å². The van der Waals surface area contributed by atoms with Gasteiger partial charge in [-0.25, -0.2) is 4.79 Å². The molecule has 0 aromatic heterocycles. The molecule has 2 aromatic rings. The molecule has 1 unspecified atom stereocenters. The average Bonchev–Trinajstić information content (AvgIpc) is 3.08. The lowest BCUT2D eigenvalue weighted by Crippen LogP contribution is -2.50. The van der Waals surface area contributed by atoms with Crippen LogP contribution < -0.4 is 4.90 Å². The number of amides is 2. The quantitative estimate of drug-likeness (QED) is 0.761. The van der Waals surface area contributed by atoms with Crippen LogP contribution in [0.2, 0.25) is 10.0 Å². The fourth-order valence-electron chi connectivity index (χ4n) is 3.27. The van der Waals surface area contributed by atoms with E-state index in [0.29, 0.717) is 23.1 Å². The molecule has 2 heterocycles. The molecule has 0 radical (unpaired) electrons. The number of carbonyl (C=O) groups excluding carboxylic acids is 1. The van der Waals surface area contributed by atoms with Gasteiger partial charge in [-0.05, 0) is 36.8 Å². The Hall–Kier alpha value is -2.04. The highest BCUT2D eigenvalue weighted by atomic mass is 35.5. The summed E-state index contributed by atoms with van der Waals surface area (Å²) in [5.41, 5.74) is 2.80. The summed E-state index contributed by atoms with van der Waals surface area (Å²) < 4.78 is 0. The largest absolute Gasteiger partial charge is 0.330 e. The van der Waals surface area contributed by atoms with Gasteiger partial charge in [0.15, 0.2) is 0 Å². The summed E-state index contributed by atoms with van der Waals surface area (Å²) in [6, 6.07) is 13.1. The number of aliphatic imine (C=N–C) groups is 1. The summed E-state index contributed by atoms with van der Waals surface area (Å²) in [6.07, 6.45) is 0. The molecule has 0 aliphatic carbocycles. The lowest BCUT2D eigenvalue weighted by molar-refractivity contribution is 0.226. The number of benzene rings is 2. The standard InChI is InChI=1S/C18H15Cl2N3O/c1-11(12-6-7-14(19)15(20)10-12)23-16-5-3-2-4-13(16)17-21-8-9-22(17)18(23)24/h2-7,10-11H,8-9H2,1H3. The Morgan fingerprint density at radius 3 is 2.71 bits per heavy atom. The number of nitrogens with zero attached hydrogens (tertiary/aromatic N) is 3. The lowest BCUT2D eigenvalue weighted by atomic mass is 10.0. The predicted octanol–water partition coefficient (Wildman–Crippen LogP) is 4.76. The van der Waals surface area contributed by atoms with Gasteiger partial charge < -0.3 is 0 Å². The number of amidine groups is 1. The minimum atomic E-state index is -0.171. The van der Waals surface area contributed by atoms with E-state index in [9.17, 15) is 4.79 Å². The first-order valence-corrected chi connectivity index (χ1v) is 8.53. The molecule has 122 valence electrons. The van der Waals surface area contributed by atoms with Gasteiger partial charge in [-0.1, -0.05) is 41.4 Å². The summed E-state index contributed by atoms with van der Waals surface area (Å²) in [5, 5.41) is 0.995. The highest BCUT2D eigenvalue weighted by Gasteiger charge is 2.39. The van der Waals surface area contributed by atoms with E-state index in [1.807, 2.05) is 43.3 Å². The molecule has 0 saturated carbocycles. The second-order valence-corrected chi connectivity index (χ2v) is 6.69. The lowest BCUT2D eigenvalue weighted by Gasteiger charge is -2.39. The van der Waals surface area contributed by atoms with Gasteiger partial charge in [0.05, 0.1) is 28.3 Å². The number of rotatable bonds is 2. The van der Waals surface area contributed by atoms with Crippen molar-refractivity contribution in [2.24, 2.45) is 4.99 Å². The van der Waals surface area contributed by atoms with Crippen LogP contribution in [0, 0.1) is 0 Å². The third kappa shape index (κ3) is 2.29. The molecule has 2 aliphatic rings. The normalized spacial score (nSPS) is 17.5. The van der Waals surface area contributed by atoms with E-state index in [-0.39, 0.29) is 12.1 Å². The van der Waals surface area contributed by atoms with Crippen molar-refractivity contribution in [3.63, 3.8) is 0 Å². The van der Waals surface area contributed by atoms with Crippen LogP contribution in [0.1, 0.15) is 24.1 Å². The number of para-hydroxylation sites is 1. The molecular formula is C18H15Cl2N3O. The van der Waals surface area contributed by atoms with Crippen molar-refractivity contribution < 1.29 is 4.79 Å². The fourth-order valence-corrected chi connectivity index (χ4v) is 3.57. The molecular weight excluding hydrogens is 345 g/mol. The van der Waals surface area contributed by atoms with E-state index in [1.165, 1.54) is 0 Å². The molecule has 4 rings (SSSR count). The van der Waals surface area contributed by atoms with Gasteiger partial charge in [-0.3, -0.25) is 14.8 Å². The van der Waals surface area contributed by atoms with E-state index in [0.717, 1.165) is 22.6 Å². The van der Waals surface area contributed by atoms with Crippen molar-refractivity contribution in [1.82, 2.24) is 4.90 Å². The zero-order valence-electron chi connectivity index (χ0n) is 13.0. The zero-order chi connectivity index (χ0) is 16.8. The summed E-state index contributed by atoms with van der Waals surface area (Å²) in [4.78, 5) is 21.1. The van der Waals surface area contributed by atoms with E-state index in [2.05, 4.69) is 4.99 Å². The van der Waals surface area contributed by atoms with Crippen LogP contribution in [0.5, 0.6) is 0 Å². The van der Waals surface area contributed by atoms with Gasteiger partial charge in [0.2, 0.25) is 0 Å². The Labute approximate surface area is 150 Å². The monoisotopic (exact) mass is 359 g/mol. The molecule has 0 N–H and O–H groups in total. The topological polar surface area (TPSA) is 35.9 Å². The molecule has 0 spiro atoms. The van der Waals surface area contributed by atoms with Crippen LogP contribution in [0.4, 0.5) is 10.5 Å². The average molecular weight is 360 g/mol. The van der Waals surface area contributed by atoms with Crippen LogP contribution in [0.15, 0.2) is 47.5 Å². The first-order valence-electron chi connectivity index (χ1n) is 7.77. The minimum absolute atomic E-state index is 0.0523. The molecule has 0 saturated heterocycles. The van der Waals surface area contributed by atoms with E-state index in [4.69, 9.17) is 23.2 Å². The Bertz CT molecular complexity index is 865. The van der Waals surface area contributed by atoms with Crippen molar-refractivity contribution in [2.75, 3.05) is 18.0 Å². The Balaban J connectivity index is 1.82. The van der Waals surface area contributed by atoms with Crippen molar-refractivity contribution >= 4 is 40.8 Å². The summed E-state index contributed by atoms with van der Waals surface area (Å²) in [7, 11) is 0. The van der Waals surface area contributed by atoms with Gasteiger partial charge in [0.25, 0.3) is 0 Å². The maximum Gasteiger partial charge on any atom is 0.330 e. The third-order valence-electron chi connectivity index (χ3n) is 4.50. The van der Waals surface area contributed by atoms with Crippen LogP contribution >= 0.6 is 23.2 Å². The van der Waals surface area contributed by atoms with Crippen LogP contribution in [0.3, 0.4) is 0 Å². The van der Waals surface area contributed by atoms with Crippen LogP contribution in [-0.2, 0) is 0 Å². The van der Waals surface area contributed by atoms with Crippen LogP contribution in [0.25, 0.3) is 0 Å². The number of hydrogen-bond donors (Lipinski definition) is 0. The van der Waals surface area contributed by atoms with Gasteiger partial charge in [-0.2, -0.15) is 0 Å². The van der Waals surface area contributed by atoms with Crippen molar-refractivity contribution in [3.05, 3.63) is 63.6 Å². The number of anilines is 1. The smallest absolute Gasteiger partial charge is 0.286 e. The molecule has 2 aliphatic heterocycles. The molecule has 0 fully saturated rings. The number of hydrogen-bond acceptors (Lipinski definition) is 2. The van der Waals surface area contributed by atoms with Crippen molar-refractivity contribution in [2.45, 2.75) is 13.0 Å². The number of carbonyl (C=O) groups is 1. The predicted molar refractivity (Wildman–Crippen MR) is 97.3 cm³/mol. The van der Waals surface area contributed by atoms with Gasteiger partial charge in [0, 0.05) is 12.1 Å². The van der Waals surface area contributed by atoms with E-state index in [1.54, 1.807) is 15.9 Å². The first kappa shape index (κ1) is 15.5. The molecule has 2 amide bonds. The van der Waals surface area contributed by atoms with Crippen molar-refractivity contribution in [1.29, 1.82) is 0 Å². The number of fused-ring (bicyclic) bond motifs is 3. The SMILES string of the molecule is CC(c1ccc(Cl)c(Cl)c1)N1C(=O)N2CCN=C2c2ccccc21. The second-order valence-electron chi connectivity index (χ2n) is 5.88.